The minimum absolute atomic E-state index is 0.239. The van der Waals surface area contributed by atoms with Crippen LogP contribution in [0, 0.1) is 0 Å². The van der Waals surface area contributed by atoms with Crippen molar-refractivity contribution in [2.75, 3.05) is 6.54 Å². The van der Waals surface area contributed by atoms with Crippen molar-refractivity contribution in [1.82, 2.24) is 5.32 Å². The molecule has 2 rings (SSSR count). The van der Waals surface area contributed by atoms with Crippen LogP contribution < -0.4 is 5.32 Å². The Morgan fingerprint density at radius 1 is 1.04 bits per heavy atom. The van der Waals surface area contributed by atoms with Crippen molar-refractivity contribution in [2.24, 2.45) is 0 Å². The van der Waals surface area contributed by atoms with Gasteiger partial charge in [0.1, 0.15) is 0 Å². The van der Waals surface area contributed by atoms with Gasteiger partial charge >= 0.3 is 12.1 Å². The third-order valence-corrected chi connectivity index (χ3v) is 3.60. The lowest BCUT2D eigenvalue weighted by atomic mass is 10.1. The fourth-order valence-corrected chi connectivity index (χ4v) is 2.32. The van der Waals surface area contributed by atoms with Crippen LogP contribution in [0.25, 0.3) is 0 Å². The molecule has 0 bridgehead atoms. The average molecular weight is 337 g/mol. The quantitative estimate of drug-likeness (QED) is 0.747. The second kappa shape index (κ2) is 7.97. The molecular formula is C18H18F3NO2. The number of carbonyl (C=O) groups is 1. The van der Waals surface area contributed by atoms with Crippen LogP contribution in [0.5, 0.6) is 0 Å². The molecule has 0 aliphatic carbocycles. The van der Waals surface area contributed by atoms with Gasteiger partial charge in [-0.2, -0.15) is 13.2 Å². The van der Waals surface area contributed by atoms with Crippen molar-refractivity contribution in [1.29, 1.82) is 0 Å². The summed E-state index contributed by atoms with van der Waals surface area (Å²) in [6.45, 7) is 1.25. The highest BCUT2D eigenvalue weighted by atomic mass is 19.4. The summed E-state index contributed by atoms with van der Waals surface area (Å²) in [7, 11) is 0. The standard InChI is InChI=1S/C18H18F3NO2/c19-18(20,21)16-5-1-3-13(11-16)4-2-10-22-12-14-6-8-15(9-7-14)17(23)24/h1,3,5-9,11,22H,2,4,10,12H2,(H,23,24). The molecule has 0 aliphatic heterocycles. The summed E-state index contributed by atoms with van der Waals surface area (Å²) in [5, 5.41) is 12.0. The first-order chi connectivity index (χ1) is 11.4. The molecule has 24 heavy (non-hydrogen) atoms. The first-order valence-electron chi connectivity index (χ1n) is 7.55. The lowest BCUT2D eigenvalue weighted by Gasteiger charge is -2.09. The van der Waals surface area contributed by atoms with Gasteiger partial charge in [-0.1, -0.05) is 30.3 Å². The van der Waals surface area contributed by atoms with E-state index in [1.54, 1.807) is 30.3 Å². The number of carboxylic acids is 1. The summed E-state index contributed by atoms with van der Waals surface area (Å²) >= 11 is 0. The van der Waals surface area contributed by atoms with Crippen molar-refractivity contribution in [2.45, 2.75) is 25.6 Å². The molecule has 6 heteroatoms. The van der Waals surface area contributed by atoms with Gasteiger partial charge in [0.2, 0.25) is 0 Å². The van der Waals surface area contributed by atoms with E-state index < -0.39 is 17.7 Å². The number of nitrogens with one attached hydrogen (secondary N) is 1. The monoisotopic (exact) mass is 337 g/mol. The van der Waals surface area contributed by atoms with E-state index in [1.165, 1.54) is 12.1 Å². The molecule has 0 fully saturated rings. The molecule has 0 saturated heterocycles. The Balaban J connectivity index is 1.74. The number of hydrogen-bond acceptors (Lipinski definition) is 2. The Bertz CT molecular complexity index is 681. The molecule has 0 radical (unpaired) electrons. The average Bonchev–Trinajstić information content (AvgIpc) is 2.54. The van der Waals surface area contributed by atoms with Crippen molar-refractivity contribution in [3.63, 3.8) is 0 Å². The van der Waals surface area contributed by atoms with Crippen LogP contribution in [0.15, 0.2) is 48.5 Å². The molecule has 2 N–H and O–H groups in total. The van der Waals surface area contributed by atoms with Crippen molar-refractivity contribution < 1.29 is 23.1 Å². The second-order valence-corrected chi connectivity index (χ2v) is 5.48. The van der Waals surface area contributed by atoms with E-state index in [2.05, 4.69) is 5.32 Å². The molecule has 128 valence electrons. The molecule has 2 aromatic rings. The highest BCUT2D eigenvalue weighted by molar-refractivity contribution is 5.87. The Morgan fingerprint density at radius 3 is 2.38 bits per heavy atom. The van der Waals surface area contributed by atoms with Gasteiger partial charge in [-0.3, -0.25) is 0 Å². The van der Waals surface area contributed by atoms with Gasteiger partial charge in [-0.15, -0.1) is 0 Å². The fraction of sp³-hybridized carbons (Fsp3) is 0.278. The van der Waals surface area contributed by atoms with Crippen LogP contribution in [-0.2, 0) is 19.1 Å². The number of rotatable bonds is 7. The van der Waals surface area contributed by atoms with Gasteiger partial charge in [-0.05, 0) is 48.7 Å². The first kappa shape index (κ1) is 18.0. The van der Waals surface area contributed by atoms with E-state index in [4.69, 9.17) is 5.11 Å². The molecule has 2 aromatic carbocycles. The maximum atomic E-state index is 12.6. The molecule has 0 amide bonds. The number of alkyl halides is 3. The summed E-state index contributed by atoms with van der Waals surface area (Å²) in [6, 6.07) is 11.9. The SMILES string of the molecule is O=C(O)c1ccc(CNCCCc2cccc(C(F)(F)F)c2)cc1. The van der Waals surface area contributed by atoms with E-state index in [0.717, 1.165) is 11.6 Å². The van der Waals surface area contributed by atoms with E-state index in [1.807, 2.05) is 0 Å². The Morgan fingerprint density at radius 2 is 1.75 bits per heavy atom. The number of hydrogen-bond donors (Lipinski definition) is 2. The summed E-state index contributed by atoms with van der Waals surface area (Å²) in [5.74, 6) is -0.962. The zero-order chi connectivity index (χ0) is 17.6. The lowest BCUT2D eigenvalue weighted by Crippen LogP contribution is -2.15. The Hall–Kier alpha value is -2.34. The predicted molar refractivity (Wildman–Crippen MR) is 84.9 cm³/mol. The number of aryl methyl sites for hydroxylation is 1. The van der Waals surface area contributed by atoms with Crippen LogP contribution >= 0.6 is 0 Å². The topological polar surface area (TPSA) is 49.3 Å². The van der Waals surface area contributed by atoms with Crippen LogP contribution in [0.4, 0.5) is 13.2 Å². The number of aromatic carboxylic acids is 1. The highest BCUT2D eigenvalue weighted by Crippen LogP contribution is 2.29. The minimum atomic E-state index is -4.31. The molecule has 0 heterocycles. The van der Waals surface area contributed by atoms with Crippen molar-refractivity contribution in [3.8, 4) is 0 Å². The number of carboxylic acid groups (broad SMARTS) is 1. The minimum Gasteiger partial charge on any atom is -0.478 e. The molecule has 3 nitrogen and oxygen atoms in total. The first-order valence-corrected chi connectivity index (χ1v) is 7.55. The van der Waals surface area contributed by atoms with E-state index >= 15 is 0 Å². The zero-order valence-electron chi connectivity index (χ0n) is 12.9. The maximum Gasteiger partial charge on any atom is 0.416 e. The van der Waals surface area contributed by atoms with Gasteiger partial charge in [0.05, 0.1) is 11.1 Å². The molecule has 0 aliphatic rings. The third-order valence-electron chi connectivity index (χ3n) is 3.60. The van der Waals surface area contributed by atoms with Crippen LogP contribution in [-0.4, -0.2) is 17.6 Å². The van der Waals surface area contributed by atoms with E-state index in [9.17, 15) is 18.0 Å². The molecule has 0 atom stereocenters. The zero-order valence-corrected chi connectivity index (χ0v) is 12.9. The summed E-state index contributed by atoms with van der Waals surface area (Å²) in [6.07, 6.45) is -3.03. The van der Waals surface area contributed by atoms with E-state index in [0.29, 0.717) is 31.5 Å². The normalized spacial score (nSPS) is 11.5. The van der Waals surface area contributed by atoms with Crippen LogP contribution in [0.2, 0.25) is 0 Å². The van der Waals surface area contributed by atoms with Gasteiger partial charge in [0.15, 0.2) is 0 Å². The summed E-state index contributed by atoms with van der Waals surface area (Å²) < 4.78 is 37.9. The van der Waals surface area contributed by atoms with Gasteiger partial charge in [0.25, 0.3) is 0 Å². The molecule has 0 aromatic heterocycles. The molecule has 0 spiro atoms. The van der Waals surface area contributed by atoms with E-state index in [-0.39, 0.29) is 5.56 Å². The molecular weight excluding hydrogens is 319 g/mol. The van der Waals surface area contributed by atoms with Crippen molar-refractivity contribution in [3.05, 3.63) is 70.8 Å². The maximum absolute atomic E-state index is 12.6. The summed E-state index contributed by atoms with van der Waals surface area (Å²) in [5.41, 5.74) is 1.24. The second-order valence-electron chi connectivity index (χ2n) is 5.48. The number of halogens is 3. The predicted octanol–water partition coefficient (Wildman–Crippen LogP) is 4.13. The van der Waals surface area contributed by atoms with Gasteiger partial charge in [0, 0.05) is 6.54 Å². The Kier molecular flexibility index (Phi) is 5.98. The largest absolute Gasteiger partial charge is 0.478 e. The third kappa shape index (κ3) is 5.38. The van der Waals surface area contributed by atoms with Crippen LogP contribution in [0.3, 0.4) is 0 Å². The fourth-order valence-electron chi connectivity index (χ4n) is 2.32. The molecule has 0 saturated carbocycles. The van der Waals surface area contributed by atoms with Crippen LogP contribution in [0.1, 0.15) is 33.5 Å². The smallest absolute Gasteiger partial charge is 0.416 e. The van der Waals surface area contributed by atoms with Gasteiger partial charge in [-0.25, -0.2) is 4.79 Å². The van der Waals surface area contributed by atoms with Gasteiger partial charge < -0.3 is 10.4 Å². The highest BCUT2D eigenvalue weighted by Gasteiger charge is 2.30. The Labute approximate surface area is 138 Å². The molecule has 0 unspecified atom stereocenters. The lowest BCUT2D eigenvalue weighted by molar-refractivity contribution is -0.137. The van der Waals surface area contributed by atoms with Crippen molar-refractivity contribution >= 4 is 5.97 Å². The summed E-state index contributed by atoms with van der Waals surface area (Å²) in [4.78, 5) is 10.7. The number of benzene rings is 2.